The maximum atomic E-state index is 13.7. The number of likely N-dealkylation sites (tertiary alicyclic amines) is 1. The predicted molar refractivity (Wildman–Crippen MR) is 177 cm³/mol. The van der Waals surface area contributed by atoms with E-state index in [1.165, 1.54) is 21.2 Å². The lowest BCUT2D eigenvalue weighted by Gasteiger charge is -2.35. The van der Waals surface area contributed by atoms with Crippen molar-refractivity contribution in [1.82, 2.24) is 4.90 Å². The van der Waals surface area contributed by atoms with Crippen molar-refractivity contribution >= 4 is 43.2 Å². The molecular weight excluding hydrogens is 560 g/mol. The molecule has 0 bridgehead atoms. The number of carbonyl (C=O) groups excluding carboxylic acids is 1. The Hall–Kier alpha value is -3.39. The van der Waals surface area contributed by atoms with Gasteiger partial charge in [-0.15, -0.1) is 0 Å². The summed E-state index contributed by atoms with van der Waals surface area (Å²) < 4.78 is 17.8. The highest BCUT2D eigenvalue weighted by atomic mass is 31.1. The molecule has 0 radical (unpaired) electrons. The molecule has 1 fully saturated rings. The first-order valence-electron chi connectivity index (χ1n) is 14.2. The summed E-state index contributed by atoms with van der Waals surface area (Å²) in [5, 5.41) is 4.90. The molecular formula is C35H39NO4P2. The van der Waals surface area contributed by atoms with Crippen LogP contribution in [0.25, 0.3) is 0 Å². The van der Waals surface area contributed by atoms with E-state index in [1.54, 1.807) is 14.2 Å². The fourth-order valence-electron chi connectivity index (χ4n) is 5.61. The second kappa shape index (κ2) is 13.3. The molecule has 0 N–H and O–H groups in total. The number of nitrogens with zero attached hydrogens (tertiary/aromatic N) is 1. The highest BCUT2D eigenvalue weighted by Crippen LogP contribution is 2.56. The van der Waals surface area contributed by atoms with Gasteiger partial charge in [-0.25, -0.2) is 4.79 Å². The Morgan fingerprint density at radius 1 is 0.643 bits per heavy atom. The summed E-state index contributed by atoms with van der Waals surface area (Å²) in [7, 11) is 1.62. The fraction of sp³-hybridized carbons (Fsp3) is 0.286. The average molecular weight is 600 g/mol. The smallest absolute Gasteiger partial charge is 0.410 e. The molecule has 0 aromatic heterocycles. The molecule has 5 nitrogen and oxygen atoms in total. The van der Waals surface area contributed by atoms with Crippen LogP contribution in [0.5, 0.6) is 11.5 Å². The first kappa shape index (κ1) is 30.1. The molecule has 42 heavy (non-hydrogen) atoms. The van der Waals surface area contributed by atoms with Crippen LogP contribution in [-0.2, 0) is 4.74 Å². The normalized spacial score (nSPS) is 18.3. The Labute approximate surface area is 252 Å². The van der Waals surface area contributed by atoms with E-state index < -0.39 is 21.4 Å². The number of benzene rings is 4. The first-order chi connectivity index (χ1) is 20.3. The standard InChI is InChI=1S/C35H39NO4P2/c1-35(2,3)40-34(37)36-24-32(41(26-16-8-6-9-17-26)30-22-14-12-20-28(30)38-4)33(25-36)42(27-18-10-7-11-19-27)31-23-15-13-21-29(31)39-5/h6-23,32-33H,24-25H2,1-5H3/t32-,33-,41?,42?/m1/s1. The van der Waals surface area contributed by atoms with Gasteiger partial charge in [0.25, 0.3) is 0 Å². The Bertz CT molecular complexity index is 1380. The molecule has 5 rings (SSSR count). The molecule has 7 heteroatoms. The quantitative estimate of drug-likeness (QED) is 0.225. The van der Waals surface area contributed by atoms with Crippen molar-refractivity contribution in [2.75, 3.05) is 27.3 Å². The summed E-state index contributed by atoms with van der Waals surface area (Å²) in [6, 6.07) is 38.1. The van der Waals surface area contributed by atoms with Gasteiger partial charge in [-0.2, -0.15) is 0 Å². The van der Waals surface area contributed by atoms with Crippen LogP contribution in [0.15, 0.2) is 109 Å². The lowest BCUT2D eigenvalue weighted by molar-refractivity contribution is 0.0296. The number of hydrogen-bond donors (Lipinski definition) is 0. The lowest BCUT2D eigenvalue weighted by atomic mass is 10.2. The van der Waals surface area contributed by atoms with Gasteiger partial charge in [0.15, 0.2) is 0 Å². The Morgan fingerprint density at radius 3 is 1.40 bits per heavy atom. The van der Waals surface area contributed by atoms with Crippen molar-refractivity contribution < 1.29 is 19.0 Å². The second-order valence-electron chi connectivity index (χ2n) is 11.3. The molecule has 4 atom stereocenters. The monoisotopic (exact) mass is 599 g/mol. The fourth-order valence-corrected chi connectivity index (χ4v) is 12.3. The molecule has 1 amide bonds. The van der Waals surface area contributed by atoms with E-state index in [0.717, 1.165) is 11.5 Å². The molecule has 1 saturated heterocycles. The van der Waals surface area contributed by atoms with E-state index in [-0.39, 0.29) is 17.4 Å². The summed E-state index contributed by atoms with van der Waals surface area (Å²) in [6.07, 6.45) is -0.263. The molecule has 218 valence electrons. The Balaban J connectivity index is 1.71. The van der Waals surface area contributed by atoms with Gasteiger partial charge in [-0.1, -0.05) is 97.1 Å². The maximum Gasteiger partial charge on any atom is 0.410 e. The van der Waals surface area contributed by atoms with Gasteiger partial charge in [0.2, 0.25) is 0 Å². The number of methoxy groups -OCH3 is 2. The van der Waals surface area contributed by atoms with Crippen molar-refractivity contribution in [3.05, 3.63) is 109 Å². The Morgan fingerprint density at radius 2 is 1.02 bits per heavy atom. The highest BCUT2D eigenvalue weighted by molar-refractivity contribution is 7.77. The van der Waals surface area contributed by atoms with Crippen LogP contribution in [0, 0.1) is 0 Å². The number of carbonyl (C=O) groups is 1. The third kappa shape index (κ3) is 6.64. The minimum Gasteiger partial charge on any atom is -0.496 e. The third-order valence-corrected chi connectivity index (χ3v) is 13.4. The largest absolute Gasteiger partial charge is 0.496 e. The highest BCUT2D eigenvalue weighted by Gasteiger charge is 2.47. The van der Waals surface area contributed by atoms with Crippen LogP contribution in [0.1, 0.15) is 20.8 Å². The van der Waals surface area contributed by atoms with Crippen LogP contribution in [0.3, 0.4) is 0 Å². The SMILES string of the molecule is COc1ccccc1P(c1ccccc1)[C@@H]1CN(C(=O)OC(C)(C)C)C[C@H]1P(c1ccccc1)c1ccccc1OC. The van der Waals surface area contributed by atoms with E-state index >= 15 is 0 Å². The molecule has 0 spiro atoms. The van der Waals surface area contributed by atoms with Crippen LogP contribution < -0.4 is 30.7 Å². The number of hydrogen-bond acceptors (Lipinski definition) is 4. The van der Waals surface area contributed by atoms with Crippen molar-refractivity contribution in [3.63, 3.8) is 0 Å². The summed E-state index contributed by atoms with van der Waals surface area (Å²) in [6.45, 7) is 6.96. The van der Waals surface area contributed by atoms with Crippen LogP contribution >= 0.6 is 15.8 Å². The molecule has 1 aliphatic rings. The summed E-state index contributed by atoms with van der Waals surface area (Å²) in [4.78, 5) is 15.6. The lowest BCUT2D eigenvalue weighted by Crippen LogP contribution is -2.36. The number of amides is 1. The van der Waals surface area contributed by atoms with Crippen molar-refractivity contribution in [3.8, 4) is 11.5 Å². The van der Waals surface area contributed by atoms with Crippen LogP contribution in [-0.4, -0.2) is 55.2 Å². The molecule has 1 aliphatic heterocycles. The Kier molecular flexibility index (Phi) is 9.51. The maximum absolute atomic E-state index is 13.7. The van der Waals surface area contributed by atoms with E-state index in [9.17, 15) is 4.79 Å². The van der Waals surface area contributed by atoms with Crippen molar-refractivity contribution in [1.29, 1.82) is 0 Å². The molecule has 0 saturated carbocycles. The van der Waals surface area contributed by atoms with Gasteiger partial charge in [-0.05, 0) is 59.4 Å². The minimum atomic E-state index is -0.929. The zero-order valence-electron chi connectivity index (χ0n) is 24.9. The van der Waals surface area contributed by atoms with Crippen LogP contribution in [0.2, 0.25) is 0 Å². The molecule has 1 heterocycles. The van der Waals surface area contributed by atoms with Gasteiger partial charge < -0.3 is 19.1 Å². The zero-order chi connectivity index (χ0) is 29.7. The second-order valence-corrected chi connectivity index (χ2v) is 16.1. The van der Waals surface area contributed by atoms with Crippen molar-refractivity contribution in [2.24, 2.45) is 0 Å². The summed E-state index contributed by atoms with van der Waals surface area (Å²) in [5.74, 6) is 1.76. The third-order valence-electron chi connectivity index (χ3n) is 7.33. The van der Waals surface area contributed by atoms with Crippen LogP contribution in [0.4, 0.5) is 4.79 Å². The molecule has 0 aliphatic carbocycles. The van der Waals surface area contributed by atoms with Gasteiger partial charge in [0, 0.05) is 35.0 Å². The number of para-hydroxylation sites is 2. The molecule has 4 aromatic rings. The van der Waals surface area contributed by atoms with E-state index in [2.05, 4.69) is 84.9 Å². The minimum absolute atomic E-state index is 0.141. The van der Waals surface area contributed by atoms with E-state index in [0.29, 0.717) is 13.1 Å². The predicted octanol–water partition coefficient (Wildman–Crippen LogP) is 6.26. The number of rotatable bonds is 8. The molecule has 2 unspecified atom stereocenters. The number of ether oxygens (including phenoxy) is 3. The van der Waals surface area contributed by atoms with E-state index in [4.69, 9.17) is 14.2 Å². The van der Waals surface area contributed by atoms with Gasteiger partial charge in [0.05, 0.1) is 14.2 Å². The summed E-state index contributed by atoms with van der Waals surface area (Å²) >= 11 is 0. The van der Waals surface area contributed by atoms with Gasteiger partial charge >= 0.3 is 6.09 Å². The van der Waals surface area contributed by atoms with Crippen molar-refractivity contribution in [2.45, 2.75) is 37.7 Å². The van der Waals surface area contributed by atoms with Gasteiger partial charge in [0.1, 0.15) is 17.1 Å². The summed E-state index contributed by atoms with van der Waals surface area (Å²) in [5.41, 5.74) is -0.297. The zero-order valence-corrected chi connectivity index (χ0v) is 26.7. The first-order valence-corrected chi connectivity index (χ1v) is 17.1. The van der Waals surface area contributed by atoms with Gasteiger partial charge in [-0.3, -0.25) is 0 Å². The van der Waals surface area contributed by atoms with E-state index in [1.807, 2.05) is 49.9 Å². The average Bonchev–Trinajstić information content (AvgIpc) is 3.43. The molecule has 4 aromatic carbocycles. The topological polar surface area (TPSA) is 48.0 Å².